The van der Waals surface area contributed by atoms with E-state index in [1.54, 1.807) is 0 Å². The van der Waals surface area contributed by atoms with Crippen molar-refractivity contribution in [2.75, 3.05) is 7.11 Å². The molecule has 0 rings (SSSR count). The maximum Gasteiger partial charge on any atom is 0.243 e. The summed E-state index contributed by atoms with van der Waals surface area (Å²) in [4.78, 5) is 10.2. The van der Waals surface area contributed by atoms with Crippen LogP contribution in [0.15, 0.2) is 0 Å². The SMILES string of the molecule is CO[C@@H]([C@H](O)[C@H](O)C(O)=S(=O)=O)[C@@H](O)C=O. The van der Waals surface area contributed by atoms with E-state index in [0.717, 1.165) is 7.11 Å². The zero-order valence-corrected chi connectivity index (χ0v) is 9.03. The van der Waals surface area contributed by atoms with Crippen LogP contribution in [0.3, 0.4) is 0 Å². The number of aliphatic hydroxyl groups excluding tert-OH is 4. The average Bonchev–Trinajstić information content (AvgIpc) is 2.27. The third kappa shape index (κ3) is 3.63. The molecule has 0 radical (unpaired) electrons. The third-order valence-corrected chi connectivity index (χ3v) is 2.42. The van der Waals surface area contributed by atoms with E-state index in [-0.39, 0.29) is 6.29 Å². The first-order chi connectivity index (χ1) is 7.36. The van der Waals surface area contributed by atoms with Crippen LogP contribution in [-0.4, -0.2) is 71.7 Å². The highest BCUT2D eigenvalue weighted by Crippen LogP contribution is 2.08. The van der Waals surface area contributed by atoms with Crippen molar-refractivity contribution in [3.63, 3.8) is 0 Å². The van der Waals surface area contributed by atoms with Crippen LogP contribution in [0.25, 0.3) is 0 Å². The first-order valence-electron chi connectivity index (χ1n) is 4.04. The van der Waals surface area contributed by atoms with Crippen LogP contribution in [0.2, 0.25) is 0 Å². The summed E-state index contributed by atoms with van der Waals surface area (Å²) in [7, 11) is -2.08. The highest BCUT2D eigenvalue weighted by molar-refractivity contribution is 7.72. The molecule has 0 saturated heterocycles. The molecule has 0 saturated carbocycles. The minimum atomic E-state index is -3.11. The summed E-state index contributed by atoms with van der Waals surface area (Å²) in [6, 6.07) is 0. The number of carbonyl (C=O) groups excluding carboxylic acids is 1. The van der Waals surface area contributed by atoms with E-state index in [0.29, 0.717) is 0 Å². The fourth-order valence-corrected chi connectivity index (χ4v) is 1.32. The van der Waals surface area contributed by atoms with Gasteiger partial charge in [0.05, 0.1) is 0 Å². The van der Waals surface area contributed by atoms with Crippen LogP contribution in [0, 0.1) is 0 Å². The summed E-state index contributed by atoms with van der Waals surface area (Å²) in [5.74, 6) is 0. The molecule has 0 aliphatic heterocycles. The Kier molecular flexibility index (Phi) is 6.33. The average molecular weight is 256 g/mol. The van der Waals surface area contributed by atoms with Crippen LogP contribution in [0.4, 0.5) is 0 Å². The molecule has 0 aliphatic rings. The number of methoxy groups -OCH3 is 1. The Bertz CT molecular complexity index is 353. The van der Waals surface area contributed by atoms with Gasteiger partial charge in [-0.3, -0.25) is 0 Å². The van der Waals surface area contributed by atoms with Gasteiger partial charge in [-0.25, -0.2) is 0 Å². The first kappa shape index (κ1) is 15.2. The van der Waals surface area contributed by atoms with Gasteiger partial charge in [-0.2, -0.15) is 8.42 Å². The van der Waals surface area contributed by atoms with E-state index in [4.69, 9.17) is 15.3 Å². The number of carbonyl (C=O) groups is 1. The smallest absolute Gasteiger partial charge is 0.243 e. The third-order valence-electron chi connectivity index (χ3n) is 1.83. The number of ether oxygens (including phenoxy) is 1. The highest BCUT2D eigenvalue weighted by Gasteiger charge is 2.34. The molecule has 0 heterocycles. The Hall–Kier alpha value is -0.840. The van der Waals surface area contributed by atoms with Gasteiger partial charge in [-0.05, 0) is 0 Å². The summed E-state index contributed by atoms with van der Waals surface area (Å²) in [5, 5.41) is 35.0. The molecule has 16 heavy (non-hydrogen) atoms. The van der Waals surface area contributed by atoms with Crippen molar-refractivity contribution < 1.29 is 38.4 Å². The predicted molar refractivity (Wildman–Crippen MR) is 51.4 cm³/mol. The van der Waals surface area contributed by atoms with E-state index in [1.165, 1.54) is 0 Å². The van der Waals surface area contributed by atoms with Gasteiger partial charge in [-0.1, -0.05) is 0 Å². The van der Waals surface area contributed by atoms with Gasteiger partial charge in [0.15, 0.2) is 6.29 Å². The van der Waals surface area contributed by atoms with E-state index in [2.05, 4.69) is 4.74 Å². The molecule has 8 nitrogen and oxygen atoms in total. The van der Waals surface area contributed by atoms with E-state index in [9.17, 15) is 18.3 Å². The second-order valence-electron chi connectivity index (χ2n) is 2.84. The van der Waals surface area contributed by atoms with Gasteiger partial charge >= 0.3 is 0 Å². The van der Waals surface area contributed by atoms with Crippen molar-refractivity contribution in [2.24, 2.45) is 0 Å². The molecule has 0 aromatic rings. The minimum absolute atomic E-state index is 0.0370. The van der Waals surface area contributed by atoms with Crippen molar-refractivity contribution in [3.05, 3.63) is 0 Å². The Morgan fingerprint density at radius 3 is 2.12 bits per heavy atom. The summed E-state index contributed by atoms with van der Waals surface area (Å²) < 4.78 is 25.0. The molecule has 0 aliphatic carbocycles. The monoisotopic (exact) mass is 256 g/mol. The van der Waals surface area contributed by atoms with Gasteiger partial charge < -0.3 is 30.0 Å². The Morgan fingerprint density at radius 1 is 1.31 bits per heavy atom. The van der Waals surface area contributed by atoms with Gasteiger partial charge in [0.25, 0.3) is 0 Å². The second-order valence-corrected chi connectivity index (χ2v) is 3.72. The molecule has 0 aromatic heterocycles. The Labute approximate surface area is 92.2 Å². The first-order valence-corrected chi connectivity index (χ1v) is 5.11. The van der Waals surface area contributed by atoms with Crippen LogP contribution in [0.1, 0.15) is 0 Å². The van der Waals surface area contributed by atoms with Gasteiger partial charge in [0, 0.05) is 7.11 Å². The van der Waals surface area contributed by atoms with Crippen molar-refractivity contribution in [3.8, 4) is 0 Å². The standard InChI is InChI=1S/C7H12O8S/c1-15-6(3(9)2-8)4(10)5(11)7(12)16(13)14/h2-6,9-12H,1H3/t3-,4+,5-,6+/m0/s1. The Morgan fingerprint density at radius 2 is 1.81 bits per heavy atom. The maximum absolute atomic E-state index is 10.3. The molecule has 0 bridgehead atoms. The van der Waals surface area contributed by atoms with Crippen molar-refractivity contribution in [1.29, 1.82) is 0 Å². The van der Waals surface area contributed by atoms with E-state index >= 15 is 0 Å². The lowest BCUT2D eigenvalue weighted by atomic mass is 10.0. The molecule has 94 valence electrons. The van der Waals surface area contributed by atoms with Gasteiger partial charge in [0.1, 0.15) is 24.4 Å². The maximum atomic E-state index is 10.3. The lowest BCUT2D eigenvalue weighted by Crippen LogP contribution is -2.49. The molecular weight excluding hydrogens is 244 g/mol. The summed E-state index contributed by atoms with van der Waals surface area (Å²) >= 11 is 0. The number of aliphatic hydroxyl groups is 4. The second kappa shape index (κ2) is 6.68. The number of hydrogen-bond acceptors (Lipinski definition) is 7. The van der Waals surface area contributed by atoms with Gasteiger partial charge in [0.2, 0.25) is 15.3 Å². The summed E-state index contributed by atoms with van der Waals surface area (Å²) in [6.07, 6.45) is -7.43. The lowest BCUT2D eigenvalue weighted by molar-refractivity contribution is -0.135. The van der Waals surface area contributed by atoms with Crippen LogP contribution in [0.5, 0.6) is 0 Å². The summed E-state index contributed by atoms with van der Waals surface area (Å²) in [6.45, 7) is 0. The number of rotatable bonds is 6. The normalized spacial score (nSPS) is 18.3. The van der Waals surface area contributed by atoms with Crippen LogP contribution in [-0.2, 0) is 19.8 Å². The quantitative estimate of drug-likeness (QED) is 0.288. The van der Waals surface area contributed by atoms with E-state index in [1.807, 2.05) is 0 Å². The molecular formula is C7H12O8S. The molecule has 0 amide bonds. The fraction of sp³-hybridized carbons (Fsp3) is 0.714. The fourth-order valence-electron chi connectivity index (χ4n) is 0.983. The number of aldehydes is 1. The van der Waals surface area contributed by atoms with Crippen molar-refractivity contribution >= 4 is 21.6 Å². The highest BCUT2D eigenvalue weighted by atomic mass is 32.2. The van der Waals surface area contributed by atoms with Crippen molar-refractivity contribution in [2.45, 2.75) is 24.4 Å². The molecule has 0 aromatic carbocycles. The molecule has 4 atom stereocenters. The zero-order valence-electron chi connectivity index (χ0n) is 8.22. The van der Waals surface area contributed by atoms with Crippen LogP contribution >= 0.6 is 0 Å². The van der Waals surface area contributed by atoms with Crippen LogP contribution < -0.4 is 0 Å². The molecule has 0 unspecified atom stereocenters. The van der Waals surface area contributed by atoms with Crippen molar-refractivity contribution in [1.82, 2.24) is 0 Å². The predicted octanol–water partition coefficient (Wildman–Crippen LogP) is -3.15. The topological polar surface area (TPSA) is 141 Å². The van der Waals surface area contributed by atoms with E-state index < -0.39 is 39.8 Å². The van der Waals surface area contributed by atoms with Gasteiger partial charge in [-0.15, -0.1) is 0 Å². The Balaban J connectivity index is 4.96. The zero-order chi connectivity index (χ0) is 12.9. The number of hydrogen-bond donors (Lipinski definition) is 4. The lowest BCUT2D eigenvalue weighted by Gasteiger charge is -2.25. The molecule has 4 N–H and O–H groups in total. The minimum Gasteiger partial charge on any atom is -0.387 e. The molecule has 0 fully saturated rings. The largest absolute Gasteiger partial charge is 0.387 e. The summed E-state index contributed by atoms with van der Waals surface area (Å²) in [5.41, 5.74) is 0. The molecule has 0 spiro atoms. The molecule has 9 heteroatoms.